The van der Waals surface area contributed by atoms with Gasteiger partial charge in [0.25, 0.3) is 0 Å². The molecule has 21 heavy (non-hydrogen) atoms. The van der Waals surface area contributed by atoms with Gasteiger partial charge in [0.2, 0.25) is 5.91 Å². The Kier molecular flexibility index (Phi) is 4.50. The minimum atomic E-state index is -0.174. The average molecular weight is 308 g/mol. The van der Waals surface area contributed by atoms with E-state index >= 15 is 0 Å². The van der Waals surface area contributed by atoms with Crippen LogP contribution in [0.3, 0.4) is 0 Å². The molecule has 114 valence electrons. The van der Waals surface area contributed by atoms with E-state index in [1.807, 2.05) is 6.07 Å². The summed E-state index contributed by atoms with van der Waals surface area (Å²) in [4.78, 5) is 13.2. The number of nitrogens with one attached hydrogen (secondary N) is 2. The summed E-state index contributed by atoms with van der Waals surface area (Å²) < 4.78 is 13.8. The van der Waals surface area contributed by atoms with Crippen molar-refractivity contribution >= 4 is 17.7 Å². The molecule has 5 heteroatoms. The van der Waals surface area contributed by atoms with Crippen LogP contribution in [0.15, 0.2) is 23.1 Å². The van der Waals surface area contributed by atoms with E-state index in [0.717, 1.165) is 37.1 Å². The van der Waals surface area contributed by atoms with Gasteiger partial charge in [-0.15, -0.1) is 11.8 Å². The third-order valence-electron chi connectivity index (χ3n) is 4.34. The highest BCUT2D eigenvalue weighted by molar-refractivity contribution is 7.99. The third kappa shape index (κ3) is 3.24. The summed E-state index contributed by atoms with van der Waals surface area (Å²) in [6, 6.07) is 5.49. The zero-order valence-electron chi connectivity index (χ0n) is 12.2. The molecule has 1 amide bonds. The highest BCUT2D eigenvalue weighted by Crippen LogP contribution is 2.38. The Bertz CT molecular complexity index is 537. The van der Waals surface area contributed by atoms with E-state index in [2.05, 4.69) is 17.6 Å². The summed E-state index contributed by atoms with van der Waals surface area (Å²) in [6.45, 7) is 3.01. The Morgan fingerprint density at radius 3 is 3.10 bits per heavy atom. The summed E-state index contributed by atoms with van der Waals surface area (Å²) in [5.74, 6) is 0.872. The molecule has 0 aromatic heterocycles. The van der Waals surface area contributed by atoms with Gasteiger partial charge in [-0.3, -0.25) is 4.79 Å². The van der Waals surface area contributed by atoms with Gasteiger partial charge in [-0.2, -0.15) is 0 Å². The van der Waals surface area contributed by atoms with Crippen molar-refractivity contribution in [3.63, 3.8) is 0 Å². The molecule has 2 aliphatic rings. The van der Waals surface area contributed by atoms with Gasteiger partial charge < -0.3 is 10.6 Å². The van der Waals surface area contributed by atoms with Gasteiger partial charge in [0.05, 0.1) is 6.04 Å². The molecule has 1 aromatic rings. The van der Waals surface area contributed by atoms with Crippen LogP contribution in [-0.4, -0.2) is 24.2 Å². The molecular weight excluding hydrogens is 287 g/mol. The molecule has 1 saturated heterocycles. The second-order valence-electron chi connectivity index (χ2n) is 5.93. The van der Waals surface area contributed by atoms with Crippen molar-refractivity contribution in [2.75, 3.05) is 12.3 Å². The van der Waals surface area contributed by atoms with Gasteiger partial charge in [-0.05, 0) is 44.4 Å². The number of halogens is 1. The van der Waals surface area contributed by atoms with Crippen molar-refractivity contribution in [3.05, 3.63) is 29.6 Å². The Morgan fingerprint density at radius 2 is 2.29 bits per heavy atom. The van der Waals surface area contributed by atoms with Gasteiger partial charge in [0.15, 0.2) is 0 Å². The normalized spacial score (nSPS) is 28.8. The molecular formula is C16H21FN2OS. The third-order valence-corrected chi connectivity index (χ3v) is 5.50. The molecule has 1 fully saturated rings. The largest absolute Gasteiger partial charge is 0.349 e. The van der Waals surface area contributed by atoms with Crippen molar-refractivity contribution < 1.29 is 9.18 Å². The number of carbonyl (C=O) groups is 1. The van der Waals surface area contributed by atoms with Gasteiger partial charge in [0, 0.05) is 22.6 Å². The average Bonchev–Trinajstić information content (AvgIpc) is 2.48. The van der Waals surface area contributed by atoms with Crippen LogP contribution in [0.1, 0.15) is 37.8 Å². The lowest BCUT2D eigenvalue weighted by atomic mass is 9.91. The van der Waals surface area contributed by atoms with Crippen LogP contribution in [0, 0.1) is 11.7 Å². The van der Waals surface area contributed by atoms with Crippen LogP contribution in [0.2, 0.25) is 0 Å². The second kappa shape index (κ2) is 6.36. The SMILES string of the molecule is C[C@H]1C[C@@H](C(=O)NC2CCSc3c(F)cccc32)CCN1. The molecule has 3 nitrogen and oxygen atoms in total. The fourth-order valence-corrected chi connectivity index (χ4v) is 4.34. The zero-order chi connectivity index (χ0) is 14.8. The first-order valence-electron chi connectivity index (χ1n) is 7.60. The first-order valence-corrected chi connectivity index (χ1v) is 8.58. The molecule has 2 N–H and O–H groups in total. The quantitative estimate of drug-likeness (QED) is 0.883. The van der Waals surface area contributed by atoms with Crippen LogP contribution < -0.4 is 10.6 Å². The number of fused-ring (bicyclic) bond motifs is 1. The molecule has 3 rings (SSSR count). The van der Waals surface area contributed by atoms with Crippen LogP contribution in [0.25, 0.3) is 0 Å². The minimum Gasteiger partial charge on any atom is -0.349 e. The highest BCUT2D eigenvalue weighted by atomic mass is 32.2. The summed E-state index contributed by atoms with van der Waals surface area (Å²) in [5, 5.41) is 6.51. The molecule has 1 unspecified atom stereocenters. The van der Waals surface area contributed by atoms with Crippen molar-refractivity contribution in [1.82, 2.24) is 10.6 Å². The molecule has 0 spiro atoms. The highest BCUT2D eigenvalue weighted by Gasteiger charge is 2.29. The van der Waals surface area contributed by atoms with E-state index in [1.165, 1.54) is 6.07 Å². The van der Waals surface area contributed by atoms with E-state index in [-0.39, 0.29) is 23.7 Å². The topological polar surface area (TPSA) is 41.1 Å². The van der Waals surface area contributed by atoms with Crippen molar-refractivity contribution in [2.24, 2.45) is 5.92 Å². The van der Waals surface area contributed by atoms with Crippen LogP contribution in [-0.2, 0) is 4.79 Å². The molecule has 2 heterocycles. The van der Waals surface area contributed by atoms with E-state index in [9.17, 15) is 9.18 Å². The first-order chi connectivity index (χ1) is 10.1. The number of hydrogen-bond acceptors (Lipinski definition) is 3. The molecule has 0 bridgehead atoms. The number of carbonyl (C=O) groups excluding carboxylic acids is 1. The Balaban J connectivity index is 1.71. The Labute approximate surface area is 129 Å². The minimum absolute atomic E-state index is 0.0466. The van der Waals surface area contributed by atoms with Gasteiger partial charge in [0.1, 0.15) is 5.82 Å². The lowest BCUT2D eigenvalue weighted by Crippen LogP contribution is -2.43. The standard InChI is InChI=1S/C16H21FN2OS/c1-10-9-11(5-7-18-10)16(20)19-14-6-8-21-15-12(14)3-2-4-13(15)17/h2-4,10-11,14,18H,5-9H2,1H3,(H,19,20)/t10-,11-,14?/m0/s1. The lowest BCUT2D eigenvalue weighted by molar-refractivity contribution is -0.126. The maximum absolute atomic E-state index is 13.8. The molecule has 0 aliphatic carbocycles. The van der Waals surface area contributed by atoms with Crippen molar-refractivity contribution in [3.8, 4) is 0 Å². The zero-order valence-corrected chi connectivity index (χ0v) is 13.0. The number of rotatable bonds is 2. The number of benzene rings is 1. The fraction of sp³-hybridized carbons (Fsp3) is 0.562. The molecule has 2 aliphatic heterocycles. The predicted molar refractivity (Wildman–Crippen MR) is 82.8 cm³/mol. The van der Waals surface area contributed by atoms with Gasteiger partial charge >= 0.3 is 0 Å². The Morgan fingerprint density at radius 1 is 1.43 bits per heavy atom. The van der Waals surface area contributed by atoms with E-state index in [4.69, 9.17) is 0 Å². The molecule has 3 atom stereocenters. The molecule has 0 radical (unpaired) electrons. The number of piperidine rings is 1. The Hall–Kier alpha value is -1.07. The lowest BCUT2D eigenvalue weighted by Gasteiger charge is -2.31. The van der Waals surface area contributed by atoms with Crippen LogP contribution in [0.5, 0.6) is 0 Å². The van der Waals surface area contributed by atoms with E-state index in [1.54, 1.807) is 17.8 Å². The van der Waals surface area contributed by atoms with Crippen LogP contribution in [0.4, 0.5) is 4.39 Å². The maximum atomic E-state index is 13.8. The van der Waals surface area contributed by atoms with E-state index in [0.29, 0.717) is 10.9 Å². The number of amides is 1. The van der Waals surface area contributed by atoms with Gasteiger partial charge in [-0.1, -0.05) is 12.1 Å². The second-order valence-corrected chi connectivity index (χ2v) is 7.04. The summed E-state index contributed by atoms with van der Waals surface area (Å²) in [5.41, 5.74) is 0.932. The number of hydrogen-bond donors (Lipinski definition) is 2. The fourth-order valence-electron chi connectivity index (χ4n) is 3.20. The van der Waals surface area contributed by atoms with Gasteiger partial charge in [-0.25, -0.2) is 4.39 Å². The van der Waals surface area contributed by atoms with Crippen molar-refractivity contribution in [2.45, 2.75) is 43.2 Å². The summed E-state index contributed by atoms with van der Waals surface area (Å²) >= 11 is 1.55. The van der Waals surface area contributed by atoms with E-state index < -0.39 is 0 Å². The van der Waals surface area contributed by atoms with Crippen molar-refractivity contribution in [1.29, 1.82) is 0 Å². The maximum Gasteiger partial charge on any atom is 0.223 e. The smallest absolute Gasteiger partial charge is 0.223 e. The molecule has 0 saturated carbocycles. The molecule has 1 aromatic carbocycles. The summed E-state index contributed by atoms with van der Waals surface area (Å²) in [6.07, 6.45) is 2.63. The number of thioether (sulfide) groups is 1. The first kappa shape index (κ1) is 14.9. The monoisotopic (exact) mass is 308 g/mol. The predicted octanol–water partition coefficient (Wildman–Crippen LogP) is 2.87. The van der Waals surface area contributed by atoms with Crippen LogP contribution >= 0.6 is 11.8 Å². The summed E-state index contributed by atoms with van der Waals surface area (Å²) in [7, 11) is 0.